The minimum atomic E-state index is -0.396. The molecule has 4 N–H and O–H groups in total. The van der Waals surface area contributed by atoms with Crippen LogP contribution in [0.2, 0.25) is 10.0 Å². The van der Waals surface area contributed by atoms with Crippen LogP contribution < -0.4 is 11.1 Å². The molecule has 0 aliphatic rings. The van der Waals surface area contributed by atoms with E-state index in [4.69, 9.17) is 28.9 Å². The molecule has 1 atom stereocenters. The van der Waals surface area contributed by atoms with Crippen molar-refractivity contribution in [2.75, 3.05) is 11.1 Å². The molecule has 6 nitrogen and oxygen atoms in total. The van der Waals surface area contributed by atoms with Gasteiger partial charge in [0.15, 0.2) is 5.16 Å². The number of nitrogens with zero attached hydrogens (tertiary/aromatic N) is 2. The minimum Gasteiger partial charge on any atom is -0.399 e. The van der Waals surface area contributed by atoms with E-state index in [1.54, 1.807) is 6.92 Å². The Bertz CT molecular complexity index is 596. The molecule has 0 radical (unpaired) electrons. The third-order valence-electron chi connectivity index (χ3n) is 2.36. The van der Waals surface area contributed by atoms with Crippen LogP contribution in [0.15, 0.2) is 23.6 Å². The van der Waals surface area contributed by atoms with Crippen LogP contribution >= 0.6 is 35.0 Å². The first kappa shape index (κ1) is 15.0. The molecule has 0 aliphatic heterocycles. The van der Waals surface area contributed by atoms with E-state index < -0.39 is 5.25 Å². The van der Waals surface area contributed by atoms with E-state index in [0.717, 1.165) is 0 Å². The fourth-order valence-electron chi connectivity index (χ4n) is 1.41. The van der Waals surface area contributed by atoms with Gasteiger partial charge < -0.3 is 11.1 Å². The van der Waals surface area contributed by atoms with E-state index in [1.807, 2.05) is 0 Å². The Balaban J connectivity index is 2.08. The summed E-state index contributed by atoms with van der Waals surface area (Å²) >= 11 is 13.3. The lowest BCUT2D eigenvalue weighted by molar-refractivity contribution is -0.115. The SMILES string of the molecule is CC(Sc1ncn[nH]1)C(=O)Nc1c(Cl)cc(N)cc1Cl. The lowest BCUT2D eigenvalue weighted by Crippen LogP contribution is -2.23. The Morgan fingerprint density at radius 2 is 2.10 bits per heavy atom. The number of aromatic nitrogens is 3. The summed E-state index contributed by atoms with van der Waals surface area (Å²) < 4.78 is 0. The normalized spacial score (nSPS) is 12.2. The number of rotatable bonds is 4. The second-order valence-corrected chi connectivity index (χ2v) is 6.04. The molecule has 1 aromatic heterocycles. The number of halogens is 2. The molecular formula is C11H11Cl2N5OS. The maximum atomic E-state index is 12.1. The maximum absolute atomic E-state index is 12.1. The highest BCUT2D eigenvalue weighted by atomic mass is 35.5. The molecule has 1 amide bonds. The average Bonchev–Trinajstić information content (AvgIpc) is 2.86. The van der Waals surface area contributed by atoms with Gasteiger partial charge in [0.2, 0.25) is 5.91 Å². The number of benzene rings is 1. The summed E-state index contributed by atoms with van der Waals surface area (Å²) in [4.78, 5) is 16.0. The number of nitrogen functional groups attached to an aromatic ring is 1. The summed E-state index contributed by atoms with van der Waals surface area (Å²) in [7, 11) is 0. The third kappa shape index (κ3) is 3.56. The lowest BCUT2D eigenvalue weighted by atomic mass is 10.2. The third-order valence-corrected chi connectivity index (χ3v) is 3.95. The highest BCUT2D eigenvalue weighted by Crippen LogP contribution is 2.33. The molecule has 2 aromatic rings. The van der Waals surface area contributed by atoms with Crippen molar-refractivity contribution in [2.24, 2.45) is 0 Å². The fourth-order valence-corrected chi connectivity index (χ4v) is 2.72. The topological polar surface area (TPSA) is 96.7 Å². The molecule has 20 heavy (non-hydrogen) atoms. The van der Waals surface area contributed by atoms with Crippen LogP contribution in [0.1, 0.15) is 6.92 Å². The standard InChI is InChI=1S/C11H11Cl2N5OS/c1-5(20-11-15-4-16-18-11)10(19)17-9-7(12)2-6(14)3-8(9)13/h2-5H,14H2,1H3,(H,17,19)(H,15,16,18). The summed E-state index contributed by atoms with van der Waals surface area (Å²) in [5.74, 6) is -0.250. The molecule has 0 saturated carbocycles. The molecule has 0 saturated heterocycles. The zero-order valence-electron chi connectivity index (χ0n) is 10.4. The zero-order valence-corrected chi connectivity index (χ0v) is 12.7. The van der Waals surface area contributed by atoms with Gasteiger partial charge in [-0.3, -0.25) is 9.89 Å². The molecule has 0 bridgehead atoms. The van der Waals surface area contributed by atoms with Crippen molar-refractivity contribution in [1.29, 1.82) is 0 Å². The first-order chi connectivity index (χ1) is 9.47. The van der Waals surface area contributed by atoms with Crippen LogP contribution in [0.3, 0.4) is 0 Å². The Morgan fingerprint density at radius 1 is 1.45 bits per heavy atom. The quantitative estimate of drug-likeness (QED) is 0.591. The number of hydrogen-bond donors (Lipinski definition) is 3. The van der Waals surface area contributed by atoms with Crippen molar-refractivity contribution in [3.05, 3.63) is 28.5 Å². The van der Waals surface area contributed by atoms with Gasteiger partial charge in [-0.2, -0.15) is 5.10 Å². The molecule has 1 unspecified atom stereocenters. The van der Waals surface area contributed by atoms with Crippen molar-refractivity contribution in [1.82, 2.24) is 15.2 Å². The number of carbonyl (C=O) groups excluding carboxylic acids is 1. The van der Waals surface area contributed by atoms with E-state index in [-0.39, 0.29) is 5.91 Å². The van der Waals surface area contributed by atoms with Crippen molar-refractivity contribution in [2.45, 2.75) is 17.3 Å². The van der Waals surface area contributed by atoms with Gasteiger partial charge >= 0.3 is 0 Å². The number of carbonyl (C=O) groups is 1. The molecule has 2 rings (SSSR count). The smallest absolute Gasteiger partial charge is 0.237 e. The van der Waals surface area contributed by atoms with Crippen molar-refractivity contribution >= 4 is 52.2 Å². The summed E-state index contributed by atoms with van der Waals surface area (Å²) in [6.07, 6.45) is 1.38. The number of hydrogen-bond acceptors (Lipinski definition) is 5. The molecular weight excluding hydrogens is 321 g/mol. The predicted octanol–water partition coefficient (Wildman–Crippen LogP) is 2.81. The van der Waals surface area contributed by atoms with Crippen molar-refractivity contribution < 1.29 is 4.79 Å². The molecule has 1 heterocycles. The van der Waals surface area contributed by atoms with Gasteiger partial charge in [0.25, 0.3) is 0 Å². The van der Waals surface area contributed by atoms with E-state index >= 15 is 0 Å². The summed E-state index contributed by atoms with van der Waals surface area (Å²) in [6.45, 7) is 1.74. The molecule has 0 spiro atoms. The van der Waals surface area contributed by atoms with Gasteiger partial charge in [-0.05, 0) is 19.1 Å². The van der Waals surface area contributed by atoms with Gasteiger partial charge in [0, 0.05) is 5.69 Å². The lowest BCUT2D eigenvalue weighted by Gasteiger charge is -2.13. The van der Waals surface area contributed by atoms with E-state index in [0.29, 0.717) is 26.6 Å². The van der Waals surface area contributed by atoms with Crippen LogP contribution in [0.4, 0.5) is 11.4 Å². The number of thioether (sulfide) groups is 1. The van der Waals surface area contributed by atoms with Gasteiger partial charge in [-0.25, -0.2) is 4.98 Å². The van der Waals surface area contributed by atoms with Crippen molar-refractivity contribution in [3.63, 3.8) is 0 Å². The Morgan fingerprint density at radius 3 is 2.65 bits per heavy atom. The van der Waals surface area contributed by atoms with Crippen LogP contribution in [0, 0.1) is 0 Å². The second kappa shape index (κ2) is 6.34. The molecule has 106 valence electrons. The first-order valence-corrected chi connectivity index (χ1v) is 7.18. The van der Waals surface area contributed by atoms with E-state index in [9.17, 15) is 4.79 Å². The Hall–Kier alpha value is -1.44. The largest absolute Gasteiger partial charge is 0.399 e. The zero-order chi connectivity index (χ0) is 14.7. The monoisotopic (exact) mass is 331 g/mol. The summed E-state index contributed by atoms with van der Waals surface area (Å²) in [5, 5.41) is 9.80. The van der Waals surface area contributed by atoms with Crippen LogP contribution in [-0.4, -0.2) is 26.3 Å². The van der Waals surface area contributed by atoms with Crippen molar-refractivity contribution in [3.8, 4) is 0 Å². The number of aromatic amines is 1. The van der Waals surface area contributed by atoms with Crippen LogP contribution in [-0.2, 0) is 4.79 Å². The van der Waals surface area contributed by atoms with Gasteiger partial charge in [-0.15, -0.1) is 0 Å². The Kier molecular flexibility index (Phi) is 4.74. The van der Waals surface area contributed by atoms with E-state index in [1.165, 1.54) is 30.2 Å². The van der Waals surface area contributed by atoms with E-state index in [2.05, 4.69) is 20.5 Å². The average molecular weight is 332 g/mol. The summed E-state index contributed by atoms with van der Waals surface area (Å²) in [6, 6.07) is 3.05. The number of amides is 1. The van der Waals surface area contributed by atoms with Gasteiger partial charge in [0.1, 0.15) is 6.33 Å². The number of nitrogens with one attached hydrogen (secondary N) is 2. The maximum Gasteiger partial charge on any atom is 0.237 e. The molecule has 9 heteroatoms. The first-order valence-electron chi connectivity index (χ1n) is 5.54. The number of H-pyrrole nitrogens is 1. The second-order valence-electron chi connectivity index (χ2n) is 3.90. The minimum absolute atomic E-state index is 0.250. The Labute approximate surface area is 129 Å². The molecule has 0 aliphatic carbocycles. The molecule has 1 aromatic carbocycles. The van der Waals surface area contributed by atoms with Crippen LogP contribution in [0.25, 0.3) is 0 Å². The van der Waals surface area contributed by atoms with Gasteiger partial charge in [0.05, 0.1) is 21.0 Å². The fraction of sp³-hybridized carbons (Fsp3) is 0.182. The number of anilines is 2. The van der Waals surface area contributed by atoms with Crippen LogP contribution in [0.5, 0.6) is 0 Å². The number of nitrogens with two attached hydrogens (primary N) is 1. The highest BCUT2D eigenvalue weighted by molar-refractivity contribution is 8.00. The predicted molar refractivity (Wildman–Crippen MR) is 81.2 cm³/mol. The summed E-state index contributed by atoms with van der Waals surface area (Å²) in [5.41, 5.74) is 6.38. The molecule has 0 fully saturated rings. The van der Waals surface area contributed by atoms with Gasteiger partial charge in [-0.1, -0.05) is 35.0 Å². The highest BCUT2D eigenvalue weighted by Gasteiger charge is 2.18.